The molecule has 2 N–H and O–H groups in total. The quantitative estimate of drug-likeness (QED) is 0.650. The maximum atomic E-state index is 12.3. The van der Waals surface area contributed by atoms with Crippen molar-refractivity contribution in [3.8, 4) is 5.75 Å². The highest BCUT2D eigenvalue weighted by Gasteiger charge is 2.35. The van der Waals surface area contributed by atoms with Crippen LogP contribution in [0.1, 0.15) is 44.0 Å². The zero-order valence-corrected chi connectivity index (χ0v) is 14.2. The molecule has 1 fully saturated rings. The number of hydrogen-bond acceptors (Lipinski definition) is 5. The topological polar surface area (TPSA) is 102 Å². The maximum Gasteiger partial charge on any atom is 0.311 e. The molecule has 1 saturated heterocycles. The normalized spacial score (nSPS) is 21.3. The first-order valence-electron chi connectivity index (χ1n) is 8.07. The molecule has 0 saturated carbocycles. The van der Waals surface area contributed by atoms with Crippen LogP contribution in [0.15, 0.2) is 18.2 Å². The van der Waals surface area contributed by atoms with Crippen LogP contribution in [-0.4, -0.2) is 35.2 Å². The second-order valence-corrected chi connectivity index (χ2v) is 7.23. The molecule has 0 bridgehead atoms. The van der Waals surface area contributed by atoms with Crippen molar-refractivity contribution in [3.63, 3.8) is 0 Å². The highest BCUT2D eigenvalue weighted by Crippen LogP contribution is 2.33. The fourth-order valence-corrected chi connectivity index (χ4v) is 3.15. The van der Waals surface area contributed by atoms with Crippen molar-refractivity contribution in [3.05, 3.63) is 33.9 Å². The first-order valence-corrected chi connectivity index (χ1v) is 8.07. The number of rotatable bonds is 4. The number of nitrogens with zero attached hydrogens (tertiary/aromatic N) is 1. The molecule has 7 nitrogen and oxygen atoms in total. The van der Waals surface area contributed by atoms with Crippen molar-refractivity contribution in [1.29, 1.82) is 0 Å². The fraction of sp³-hybridized carbons (Fsp3) is 0.588. The number of aromatic hydroxyl groups is 1. The van der Waals surface area contributed by atoms with E-state index < -0.39 is 22.3 Å². The van der Waals surface area contributed by atoms with Gasteiger partial charge in [0.25, 0.3) is 5.91 Å². The summed E-state index contributed by atoms with van der Waals surface area (Å²) in [5.41, 5.74) is -0.340. The first-order chi connectivity index (χ1) is 11.2. The molecule has 0 radical (unpaired) electrons. The van der Waals surface area contributed by atoms with E-state index in [1.165, 1.54) is 6.07 Å². The van der Waals surface area contributed by atoms with Crippen LogP contribution >= 0.6 is 0 Å². The van der Waals surface area contributed by atoms with Gasteiger partial charge in [0.1, 0.15) is 0 Å². The predicted octanol–water partition coefficient (Wildman–Crippen LogP) is 2.87. The number of benzene rings is 1. The lowest BCUT2D eigenvalue weighted by molar-refractivity contribution is -0.385. The Morgan fingerprint density at radius 3 is 2.79 bits per heavy atom. The summed E-state index contributed by atoms with van der Waals surface area (Å²) in [6, 6.07) is 3.62. The largest absolute Gasteiger partial charge is 0.502 e. The van der Waals surface area contributed by atoms with Gasteiger partial charge in [-0.2, -0.15) is 0 Å². The van der Waals surface area contributed by atoms with Crippen molar-refractivity contribution in [2.75, 3.05) is 13.2 Å². The van der Waals surface area contributed by atoms with Gasteiger partial charge in [0, 0.05) is 30.7 Å². The molecule has 2 atom stereocenters. The number of nitro groups is 1. The van der Waals surface area contributed by atoms with Gasteiger partial charge in [-0.3, -0.25) is 14.9 Å². The summed E-state index contributed by atoms with van der Waals surface area (Å²) in [5, 5.41) is 23.1. The number of carbonyl (C=O) groups excluding carboxylic acids is 1. The second kappa shape index (κ2) is 7.17. The number of ether oxygens (including phenoxy) is 1. The minimum absolute atomic E-state index is 0.0207. The lowest BCUT2D eigenvalue weighted by Gasteiger charge is -2.40. The molecule has 0 aliphatic carbocycles. The standard InChI is InChI=1S/C17H24N2O5/c1-17(2,3)15-12(5-4-8-24-15)10-18-16(21)11-6-7-14(20)13(9-11)19(22)23/h6-7,9,12,15,20H,4-5,8,10H2,1-3H3,(H,18,21)/t12-,15+/m0/s1. The van der Waals surface area contributed by atoms with Gasteiger partial charge < -0.3 is 15.2 Å². The Kier molecular flexibility index (Phi) is 5.43. The van der Waals surface area contributed by atoms with Crippen LogP contribution in [0.5, 0.6) is 5.75 Å². The highest BCUT2D eigenvalue weighted by atomic mass is 16.6. The summed E-state index contributed by atoms with van der Waals surface area (Å²) in [7, 11) is 0. The molecule has 24 heavy (non-hydrogen) atoms. The van der Waals surface area contributed by atoms with Crippen LogP contribution in [0.3, 0.4) is 0 Å². The summed E-state index contributed by atoms with van der Waals surface area (Å²) in [4.78, 5) is 22.4. The van der Waals surface area contributed by atoms with E-state index in [1.807, 2.05) is 0 Å². The zero-order chi connectivity index (χ0) is 17.9. The molecular formula is C17H24N2O5. The Morgan fingerprint density at radius 2 is 2.17 bits per heavy atom. The van der Waals surface area contributed by atoms with E-state index in [0.29, 0.717) is 6.54 Å². The van der Waals surface area contributed by atoms with Gasteiger partial charge in [-0.1, -0.05) is 20.8 Å². The van der Waals surface area contributed by atoms with Gasteiger partial charge in [-0.15, -0.1) is 0 Å². The van der Waals surface area contributed by atoms with Crippen LogP contribution in [0.4, 0.5) is 5.69 Å². The zero-order valence-electron chi connectivity index (χ0n) is 14.2. The summed E-state index contributed by atoms with van der Waals surface area (Å²) >= 11 is 0. The van der Waals surface area contributed by atoms with E-state index in [1.54, 1.807) is 0 Å². The van der Waals surface area contributed by atoms with Crippen molar-refractivity contribution < 1.29 is 19.6 Å². The molecule has 2 rings (SSSR count). The first kappa shape index (κ1) is 18.2. The molecule has 1 aliphatic rings. The van der Waals surface area contributed by atoms with Crippen LogP contribution in [0.2, 0.25) is 0 Å². The molecule has 132 valence electrons. The maximum absolute atomic E-state index is 12.3. The van der Waals surface area contributed by atoms with Gasteiger partial charge in [-0.25, -0.2) is 0 Å². The number of phenolic OH excluding ortho intramolecular Hbond substituents is 1. The number of nitrogens with one attached hydrogen (secondary N) is 1. The third-order valence-corrected chi connectivity index (χ3v) is 4.26. The third-order valence-electron chi connectivity index (χ3n) is 4.26. The molecule has 7 heteroatoms. The van der Waals surface area contributed by atoms with Crippen molar-refractivity contribution >= 4 is 11.6 Å². The van der Waals surface area contributed by atoms with Crippen molar-refractivity contribution in [2.24, 2.45) is 11.3 Å². The van der Waals surface area contributed by atoms with Crippen LogP contribution < -0.4 is 5.32 Å². The Bertz CT molecular complexity index is 624. The number of carbonyl (C=O) groups is 1. The molecule has 0 spiro atoms. The Hall–Kier alpha value is -2.15. The smallest absolute Gasteiger partial charge is 0.311 e. The summed E-state index contributed by atoms with van der Waals surface area (Å²) in [6.45, 7) is 7.52. The monoisotopic (exact) mass is 336 g/mol. The minimum Gasteiger partial charge on any atom is -0.502 e. The summed E-state index contributed by atoms with van der Waals surface area (Å²) in [6.07, 6.45) is 1.98. The Labute approximate surface area is 141 Å². The van der Waals surface area contributed by atoms with Gasteiger partial charge in [0.05, 0.1) is 11.0 Å². The van der Waals surface area contributed by atoms with E-state index in [-0.39, 0.29) is 23.0 Å². The van der Waals surface area contributed by atoms with Crippen molar-refractivity contribution in [2.45, 2.75) is 39.7 Å². The predicted molar refractivity (Wildman–Crippen MR) is 89.0 cm³/mol. The molecule has 0 aromatic heterocycles. The number of phenols is 1. The Morgan fingerprint density at radius 1 is 1.46 bits per heavy atom. The SMILES string of the molecule is CC(C)(C)[C@@H]1OCCC[C@H]1CNC(=O)c1ccc(O)c([N+](=O)[O-])c1. The molecular weight excluding hydrogens is 312 g/mol. The number of hydrogen-bond donors (Lipinski definition) is 2. The van der Waals surface area contributed by atoms with E-state index in [4.69, 9.17) is 4.74 Å². The van der Waals surface area contributed by atoms with Crippen LogP contribution in [-0.2, 0) is 4.74 Å². The van der Waals surface area contributed by atoms with E-state index in [0.717, 1.165) is 31.6 Å². The van der Waals surface area contributed by atoms with Crippen LogP contribution in [0, 0.1) is 21.4 Å². The summed E-state index contributed by atoms with van der Waals surface area (Å²) < 4.78 is 5.89. The van der Waals surface area contributed by atoms with Gasteiger partial charge in [-0.05, 0) is 30.4 Å². The molecule has 1 aromatic rings. The van der Waals surface area contributed by atoms with E-state index in [9.17, 15) is 20.0 Å². The summed E-state index contributed by atoms with van der Waals surface area (Å²) in [5.74, 6) is -0.642. The van der Waals surface area contributed by atoms with E-state index in [2.05, 4.69) is 26.1 Å². The van der Waals surface area contributed by atoms with Crippen LogP contribution in [0.25, 0.3) is 0 Å². The van der Waals surface area contributed by atoms with E-state index >= 15 is 0 Å². The minimum atomic E-state index is -0.712. The second-order valence-electron chi connectivity index (χ2n) is 7.23. The average molecular weight is 336 g/mol. The van der Waals surface area contributed by atoms with Gasteiger partial charge in [0.2, 0.25) is 0 Å². The lowest BCUT2D eigenvalue weighted by Crippen LogP contribution is -2.45. The highest BCUT2D eigenvalue weighted by molar-refractivity contribution is 5.95. The van der Waals surface area contributed by atoms with Gasteiger partial charge >= 0.3 is 5.69 Å². The molecule has 1 aliphatic heterocycles. The third kappa shape index (κ3) is 4.23. The lowest BCUT2D eigenvalue weighted by atomic mass is 9.78. The average Bonchev–Trinajstić information content (AvgIpc) is 2.52. The number of amides is 1. The van der Waals surface area contributed by atoms with Crippen molar-refractivity contribution in [1.82, 2.24) is 5.32 Å². The number of nitro benzene ring substituents is 1. The Balaban J connectivity index is 2.04. The molecule has 1 heterocycles. The fourth-order valence-electron chi connectivity index (χ4n) is 3.15. The molecule has 1 amide bonds. The van der Waals surface area contributed by atoms with Gasteiger partial charge in [0.15, 0.2) is 5.75 Å². The molecule has 0 unspecified atom stereocenters. The molecule has 1 aromatic carbocycles.